The van der Waals surface area contributed by atoms with Gasteiger partial charge >= 0.3 is 0 Å². The first-order valence-corrected chi connectivity index (χ1v) is 11.2. The van der Waals surface area contributed by atoms with E-state index in [1.807, 2.05) is 37.6 Å². The number of nitrogens with one attached hydrogen (secondary N) is 2. The molecule has 1 aromatic heterocycles. The Labute approximate surface area is 181 Å². The second-order valence-corrected chi connectivity index (χ2v) is 8.59. The molecule has 6 heteroatoms. The van der Waals surface area contributed by atoms with Crippen LogP contribution in [0.4, 0.5) is 0 Å². The second kappa shape index (κ2) is 9.51. The van der Waals surface area contributed by atoms with Gasteiger partial charge in [-0.25, -0.2) is 4.98 Å². The van der Waals surface area contributed by atoms with E-state index < -0.39 is 0 Å². The van der Waals surface area contributed by atoms with Gasteiger partial charge in [-0.3, -0.25) is 4.79 Å². The lowest BCUT2D eigenvalue weighted by atomic mass is 10.0. The molecule has 5 nitrogen and oxygen atoms in total. The van der Waals surface area contributed by atoms with Crippen molar-refractivity contribution < 1.29 is 9.53 Å². The van der Waals surface area contributed by atoms with Crippen LogP contribution in [0.1, 0.15) is 36.2 Å². The van der Waals surface area contributed by atoms with Crippen molar-refractivity contribution in [2.75, 3.05) is 6.54 Å². The van der Waals surface area contributed by atoms with Crippen molar-refractivity contribution in [2.24, 2.45) is 0 Å². The molecule has 3 atom stereocenters. The lowest BCUT2D eigenvalue weighted by molar-refractivity contribution is -0.123. The highest BCUT2D eigenvalue weighted by atomic mass is 32.1. The molecule has 2 N–H and O–H groups in total. The lowest BCUT2D eigenvalue weighted by Crippen LogP contribution is -2.41. The van der Waals surface area contributed by atoms with Crippen molar-refractivity contribution in [1.82, 2.24) is 15.6 Å². The molecule has 4 rings (SSSR count). The minimum Gasteiger partial charge on any atom is -0.372 e. The third-order valence-electron chi connectivity index (χ3n) is 5.51. The summed E-state index contributed by atoms with van der Waals surface area (Å²) in [5, 5.41) is 6.42. The molecule has 0 spiro atoms. The van der Waals surface area contributed by atoms with Gasteiger partial charge in [0.2, 0.25) is 5.91 Å². The van der Waals surface area contributed by atoms with Gasteiger partial charge in [-0.2, -0.15) is 0 Å². The predicted molar refractivity (Wildman–Crippen MR) is 120 cm³/mol. The Hall–Kier alpha value is -2.54. The van der Waals surface area contributed by atoms with Crippen LogP contribution in [0.15, 0.2) is 60.1 Å². The van der Waals surface area contributed by atoms with Crippen molar-refractivity contribution in [3.63, 3.8) is 0 Å². The van der Waals surface area contributed by atoms with Gasteiger partial charge in [-0.05, 0) is 37.0 Å². The SMILES string of the molecule is Cc1ncsc1-c1ccc([C@H](C)NC(=O)[C@@H]2C[C@@H](OCc3ccccc3)CN2)cc1. The third-order valence-corrected chi connectivity index (χ3v) is 6.49. The molecule has 0 bridgehead atoms. The number of aryl methyl sites for hydroxylation is 1. The Balaban J connectivity index is 1.28. The van der Waals surface area contributed by atoms with E-state index in [0.717, 1.165) is 22.4 Å². The highest BCUT2D eigenvalue weighted by molar-refractivity contribution is 7.13. The highest BCUT2D eigenvalue weighted by Gasteiger charge is 2.30. The first-order valence-electron chi connectivity index (χ1n) is 10.3. The van der Waals surface area contributed by atoms with Crippen molar-refractivity contribution in [2.45, 2.75) is 45.1 Å². The summed E-state index contributed by atoms with van der Waals surface area (Å²) >= 11 is 1.65. The van der Waals surface area contributed by atoms with Crippen LogP contribution in [-0.2, 0) is 16.1 Å². The molecule has 1 amide bonds. The zero-order chi connectivity index (χ0) is 20.9. The normalized spacial score (nSPS) is 19.5. The zero-order valence-electron chi connectivity index (χ0n) is 17.3. The molecule has 30 heavy (non-hydrogen) atoms. The molecule has 2 aromatic carbocycles. The van der Waals surface area contributed by atoms with Gasteiger partial charge < -0.3 is 15.4 Å². The van der Waals surface area contributed by atoms with Crippen molar-refractivity contribution in [1.29, 1.82) is 0 Å². The number of aromatic nitrogens is 1. The summed E-state index contributed by atoms with van der Waals surface area (Å²) in [7, 11) is 0. The smallest absolute Gasteiger partial charge is 0.237 e. The summed E-state index contributed by atoms with van der Waals surface area (Å²) in [5.74, 6) is 0.0238. The maximum atomic E-state index is 12.7. The molecule has 0 unspecified atom stereocenters. The molecule has 1 aliphatic rings. The van der Waals surface area contributed by atoms with Crippen LogP contribution in [-0.4, -0.2) is 29.6 Å². The van der Waals surface area contributed by atoms with Crippen LogP contribution in [0.3, 0.4) is 0 Å². The number of benzene rings is 2. The molecular weight excluding hydrogens is 394 g/mol. The Bertz CT molecular complexity index is 972. The molecule has 1 saturated heterocycles. The molecule has 2 heterocycles. The summed E-state index contributed by atoms with van der Waals surface area (Å²) in [5.41, 5.74) is 6.31. The highest BCUT2D eigenvalue weighted by Crippen LogP contribution is 2.28. The number of rotatable bonds is 7. The maximum absolute atomic E-state index is 12.7. The van der Waals surface area contributed by atoms with Gasteiger partial charge in [0.15, 0.2) is 0 Å². The standard InChI is InChI=1S/C24H27N3O2S/c1-16(19-8-10-20(11-9-19)23-17(2)26-15-30-23)27-24(28)22-12-21(13-25-22)29-14-18-6-4-3-5-7-18/h3-11,15-16,21-22,25H,12-14H2,1-2H3,(H,27,28)/t16-,21+,22-/m0/s1. The number of ether oxygens (including phenoxy) is 1. The molecule has 3 aromatic rings. The number of amides is 1. The van der Waals surface area contributed by atoms with Crippen LogP contribution < -0.4 is 10.6 Å². The Morgan fingerprint density at radius 3 is 2.70 bits per heavy atom. The van der Waals surface area contributed by atoms with E-state index in [1.54, 1.807) is 11.3 Å². The van der Waals surface area contributed by atoms with Crippen molar-refractivity contribution >= 4 is 17.2 Å². The number of nitrogens with zero attached hydrogens (tertiary/aromatic N) is 1. The van der Waals surface area contributed by atoms with Crippen LogP contribution >= 0.6 is 11.3 Å². The molecular formula is C24H27N3O2S. The monoisotopic (exact) mass is 421 g/mol. The van der Waals surface area contributed by atoms with Crippen LogP contribution in [0, 0.1) is 6.92 Å². The van der Waals surface area contributed by atoms with E-state index in [2.05, 4.69) is 52.0 Å². The van der Waals surface area contributed by atoms with Gasteiger partial charge in [-0.1, -0.05) is 54.6 Å². The molecule has 0 aliphatic carbocycles. The summed E-state index contributed by atoms with van der Waals surface area (Å²) < 4.78 is 5.97. The Kier molecular flexibility index (Phi) is 6.57. The van der Waals surface area contributed by atoms with Gasteiger partial charge in [0.25, 0.3) is 0 Å². The average molecular weight is 422 g/mol. The molecule has 0 saturated carbocycles. The number of hydrogen-bond acceptors (Lipinski definition) is 5. The van der Waals surface area contributed by atoms with Crippen molar-refractivity contribution in [3.8, 4) is 10.4 Å². The van der Waals surface area contributed by atoms with Gasteiger partial charge in [0.1, 0.15) is 0 Å². The summed E-state index contributed by atoms with van der Waals surface area (Å²) in [6.45, 7) is 5.31. The first kappa shape index (κ1) is 20.7. The van der Waals surface area contributed by atoms with Gasteiger partial charge in [-0.15, -0.1) is 11.3 Å². The Morgan fingerprint density at radius 1 is 1.23 bits per heavy atom. The average Bonchev–Trinajstić information content (AvgIpc) is 3.42. The van der Waals surface area contributed by atoms with Crippen LogP contribution in [0.5, 0.6) is 0 Å². The zero-order valence-corrected chi connectivity index (χ0v) is 18.1. The Morgan fingerprint density at radius 2 is 2.00 bits per heavy atom. The molecule has 1 aliphatic heterocycles. The largest absolute Gasteiger partial charge is 0.372 e. The lowest BCUT2D eigenvalue weighted by Gasteiger charge is -2.18. The van der Waals surface area contributed by atoms with E-state index in [9.17, 15) is 4.79 Å². The van der Waals surface area contributed by atoms with E-state index >= 15 is 0 Å². The van der Waals surface area contributed by atoms with Crippen molar-refractivity contribution in [3.05, 3.63) is 76.9 Å². The number of carbonyl (C=O) groups excluding carboxylic acids is 1. The summed E-state index contributed by atoms with van der Waals surface area (Å²) in [4.78, 5) is 18.2. The number of hydrogen-bond donors (Lipinski definition) is 2. The number of carbonyl (C=O) groups is 1. The van der Waals surface area contributed by atoms with E-state index in [0.29, 0.717) is 19.6 Å². The van der Waals surface area contributed by atoms with Crippen LogP contribution in [0.25, 0.3) is 10.4 Å². The third kappa shape index (κ3) is 4.95. The summed E-state index contributed by atoms with van der Waals surface area (Å²) in [6.07, 6.45) is 0.743. The van der Waals surface area contributed by atoms with Gasteiger partial charge in [0.05, 0.1) is 40.9 Å². The number of thiazole rings is 1. The second-order valence-electron chi connectivity index (χ2n) is 7.73. The molecule has 156 valence electrons. The minimum atomic E-state index is -0.215. The van der Waals surface area contributed by atoms with E-state index in [1.165, 1.54) is 4.88 Å². The minimum absolute atomic E-state index is 0.0238. The predicted octanol–water partition coefficient (Wildman–Crippen LogP) is 4.24. The maximum Gasteiger partial charge on any atom is 0.237 e. The quantitative estimate of drug-likeness (QED) is 0.599. The van der Waals surface area contributed by atoms with Crippen LogP contribution in [0.2, 0.25) is 0 Å². The fraction of sp³-hybridized carbons (Fsp3) is 0.333. The molecule has 0 radical (unpaired) electrons. The van der Waals surface area contributed by atoms with E-state index in [4.69, 9.17) is 4.74 Å². The first-order chi connectivity index (χ1) is 14.6. The van der Waals surface area contributed by atoms with E-state index in [-0.39, 0.29) is 24.1 Å². The van der Waals surface area contributed by atoms with Gasteiger partial charge in [0, 0.05) is 6.54 Å². The summed E-state index contributed by atoms with van der Waals surface area (Å²) in [6, 6.07) is 18.2. The fourth-order valence-electron chi connectivity index (χ4n) is 3.72. The molecule has 1 fully saturated rings. The fourth-order valence-corrected chi connectivity index (χ4v) is 4.53. The topological polar surface area (TPSA) is 63.2 Å².